The van der Waals surface area contributed by atoms with Crippen LogP contribution in [0.4, 0.5) is 0 Å². The van der Waals surface area contributed by atoms with E-state index in [0.717, 1.165) is 36.6 Å². The van der Waals surface area contributed by atoms with Crippen LogP contribution in [0.1, 0.15) is 49.0 Å². The fourth-order valence-corrected chi connectivity index (χ4v) is 4.08. The Kier molecular flexibility index (Phi) is 6.43. The third-order valence-electron chi connectivity index (χ3n) is 6.10. The zero-order valence-electron chi connectivity index (χ0n) is 17.8. The number of nitrogens with zero attached hydrogens (tertiary/aromatic N) is 1. The smallest absolute Gasteiger partial charge is 0.328 e. The van der Waals surface area contributed by atoms with E-state index in [2.05, 4.69) is 15.6 Å². The molecule has 2 atom stereocenters. The normalized spacial score (nSPS) is 18.2. The predicted octanol–water partition coefficient (Wildman–Crippen LogP) is 1.65. The van der Waals surface area contributed by atoms with E-state index in [1.165, 1.54) is 4.90 Å². The Morgan fingerprint density at radius 3 is 2.59 bits per heavy atom. The van der Waals surface area contributed by atoms with Crippen LogP contribution in [-0.4, -0.2) is 63.9 Å². The van der Waals surface area contributed by atoms with Crippen LogP contribution in [0.3, 0.4) is 0 Å². The predicted molar refractivity (Wildman–Crippen MR) is 117 cm³/mol. The number of aromatic nitrogens is 1. The summed E-state index contributed by atoms with van der Waals surface area (Å²) in [6, 6.07) is 7.13. The van der Waals surface area contributed by atoms with Crippen molar-refractivity contribution in [1.82, 2.24) is 20.5 Å². The van der Waals surface area contributed by atoms with Gasteiger partial charge in [-0.25, -0.2) is 4.79 Å². The molecular weight excluding hydrogens is 412 g/mol. The summed E-state index contributed by atoms with van der Waals surface area (Å²) in [6.07, 6.45) is 4.42. The summed E-state index contributed by atoms with van der Waals surface area (Å²) in [5.41, 5.74) is 1.16. The number of para-hydroxylation sites is 1. The Morgan fingerprint density at radius 2 is 1.91 bits per heavy atom. The van der Waals surface area contributed by atoms with Crippen molar-refractivity contribution >= 4 is 34.6 Å². The van der Waals surface area contributed by atoms with Crippen molar-refractivity contribution in [2.75, 3.05) is 13.1 Å². The number of aromatic amines is 1. The number of piperidine rings is 1. The molecule has 2 aliphatic rings. The Morgan fingerprint density at radius 1 is 1.12 bits per heavy atom. The van der Waals surface area contributed by atoms with Gasteiger partial charge in [0.05, 0.1) is 6.54 Å². The highest BCUT2D eigenvalue weighted by Gasteiger charge is 2.34. The van der Waals surface area contributed by atoms with Crippen LogP contribution in [-0.2, 0) is 14.4 Å². The van der Waals surface area contributed by atoms with Crippen LogP contribution in [0.2, 0.25) is 0 Å². The molecule has 0 spiro atoms. The number of hydrogen-bond donors (Lipinski definition) is 4. The Labute approximate surface area is 185 Å². The van der Waals surface area contributed by atoms with Gasteiger partial charge in [-0.15, -0.1) is 0 Å². The van der Waals surface area contributed by atoms with Gasteiger partial charge in [0, 0.05) is 23.9 Å². The summed E-state index contributed by atoms with van der Waals surface area (Å²) in [5, 5.41) is 15.8. The van der Waals surface area contributed by atoms with E-state index in [0.29, 0.717) is 31.0 Å². The third kappa shape index (κ3) is 5.27. The molecule has 1 saturated heterocycles. The van der Waals surface area contributed by atoms with Gasteiger partial charge in [0.2, 0.25) is 11.8 Å². The zero-order chi connectivity index (χ0) is 22.7. The maximum Gasteiger partial charge on any atom is 0.328 e. The van der Waals surface area contributed by atoms with Crippen molar-refractivity contribution < 1.29 is 24.3 Å². The van der Waals surface area contributed by atoms with E-state index < -0.39 is 29.9 Å². The second-order valence-corrected chi connectivity index (χ2v) is 8.67. The van der Waals surface area contributed by atoms with Gasteiger partial charge >= 0.3 is 5.97 Å². The Balaban J connectivity index is 1.43. The van der Waals surface area contributed by atoms with Crippen LogP contribution in [0.5, 0.6) is 0 Å². The highest BCUT2D eigenvalue weighted by molar-refractivity contribution is 6.00. The molecule has 170 valence electrons. The van der Waals surface area contributed by atoms with Crippen LogP contribution >= 0.6 is 0 Å². The molecule has 1 aromatic carbocycles. The number of amides is 3. The minimum Gasteiger partial charge on any atom is -0.480 e. The number of carbonyl (C=O) groups excluding carboxylic acids is 3. The molecule has 0 bridgehead atoms. The molecule has 1 aliphatic heterocycles. The number of likely N-dealkylation sites (tertiary alicyclic amines) is 1. The molecule has 1 aromatic heterocycles. The van der Waals surface area contributed by atoms with Gasteiger partial charge < -0.3 is 25.6 Å². The first-order valence-electron chi connectivity index (χ1n) is 11.1. The van der Waals surface area contributed by atoms with Crippen LogP contribution < -0.4 is 10.6 Å². The molecule has 9 heteroatoms. The molecule has 32 heavy (non-hydrogen) atoms. The second-order valence-electron chi connectivity index (χ2n) is 8.67. The maximum absolute atomic E-state index is 13.0. The minimum atomic E-state index is -1.23. The molecule has 2 heterocycles. The summed E-state index contributed by atoms with van der Waals surface area (Å²) in [7, 11) is 0. The lowest BCUT2D eigenvalue weighted by molar-refractivity contribution is -0.144. The summed E-state index contributed by atoms with van der Waals surface area (Å²) in [4.78, 5) is 54.2. The maximum atomic E-state index is 13.0. The first-order chi connectivity index (χ1) is 15.4. The molecule has 0 unspecified atom stereocenters. The van der Waals surface area contributed by atoms with Crippen LogP contribution in [0.15, 0.2) is 30.3 Å². The highest BCUT2D eigenvalue weighted by Crippen LogP contribution is 2.33. The molecule has 4 N–H and O–H groups in total. The van der Waals surface area contributed by atoms with E-state index in [9.17, 15) is 24.3 Å². The van der Waals surface area contributed by atoms with E-state index in [4.69, 9.17) is 0 Å². The lowest BCUT2D eigenvalue weighted by Crippen LogP contribution is -2.56. The fourth-order valence-electron chi connectivity index (χ4n) is 4.08. The summed E-state index contributed by atoms with van der Waals surface area (Å²) < 4.78 is 0. The third-order valence-corrected chi connectivity index (χ3v) is 6.10. The molecule has 1 saturated carbocycles. The lowest BCUT2D eigenvalue weighted by atomic mass is 10.1. The summed E-state index contributed by atoms with van der Waals surface area (Å²) in [6.45, 7) is 0.410. The van der Waals surface area contributed by atoms with Gasteiger partial charge in [0.15, 0.2) is 0 Å². The van der Waals surface area contributed by atoms with E-state index in [-0.39, 0.29) is 12.5 Å². The number of H-pyrrole nitrogens is 1. The number of rotatable bonds is 9. The number of aliphatic carboxylic acids is 1. The molecule has 4 rings (SSSR count). The number of nitrogens with one attached hydrogen (secondary N) is 3. The SMILES string of the molecule is O=C(N[C@@H](CC1CC1)C(=O)N[C@@H](CN1CCCCC1=O)C(=O)O)c1cc2ccccc2[nH]1. The van der Waals surface area contributed by atoms with Crippen molar-refractivity contribution in [3.8, 4) is 0 Å². The number of hydrogen-bond acceptors (Lipinski definition) is 4. The Bertz CT molecular complexity index is 995. The van der Waals surface area contributed by atoms with Gasteiger partial charge in [-0.2, -0.15) is 0 Å². The average molecular weight is 441 g/mol. The van der Waals surface area contributed by atoms with Crippen molar-refractivity contribution in [2.45, 2.75) is 50.6 Å². The quantitative estimate of drug-likeness (QED) is 0.471. The molecular formula is C23H28N4O5. The first kappa shape index (κ1) is 21.9. The molecule has 3 amide bonds. The Hall–Kier alpha value is -3.36. The highest BCUT2D eigenvalue weighted by atomic mass is 16.4. The number of fused-ring (bicyclic) bond motifs is 1. The second kappa shape index (κ2) is 9.42. The molecule has 0 radical (unpaired) electrons. The van der Waals surface area contributed by atoms with Gasteiger partial charge in [-0.1, -0.05) is 31.0 Å². The summed E-state index contributed by atoms with van der Waals surface area (Å²) >= 11 is 0. The minimum absolute atomic E-state index is 0.0774. The van der Waals surface area contributed by atoms with Gasteiger partial charge in [0.25, 0.3) is 5.91 Å². The molecule has 2 fully saturated rings. The van der Waals surface area contributed by atoms with Crippen molar-refractivity contribution in [3.05, 3.63) is 36.0 Å². The van der Waals surface area contributed by atoms with E-state index in [1.54, 1.807) is 6.07 Å². The van der Waals surface area contributed by atoms with Crippen molar-refractivity contribution in [3.63, 3.8) is 0 Å². The molecule has 9 nitrogen and oxygen atoms in total. The number of carboxylic acids is 1. The number of carbonyl (C=O) groups is 4. The van der Waals surface area contributed by atoms with Crippen molar-refractivity contribution in [2.24, 2.45) is 5.92 Å². The first-order valence-corrected chi connectivity index (χ1v) is 11.1. The topological polar surface area (TPSA) is 132 Å². The van der Waals surface area contributed by atoms with E-state index in [1.807, 2.05) is 24.3 Å². The van der Waals surface area contributed by atoms with Gasteiger partial charge in [-0.3, -0.25) is 14.4 Å². The van der Waals surface area contributed by atoms with Crippen LogP contribution in [0.25, 0.3) is 10.9 Å². The summed E-state index contributed by atoms with van der Waals surface area (Å²) in [5.74, 6) is -1.93. The number of carboxylic acid groups (broad SMARTS) is 1. The van der Waals surface area contributed by atoms with Crippen molar-refractivity contribution in [1.29, 1.82) is 0 Å². The van der Waals surface area contributed by atoms with Gasteiger partial charge in [0.1, 0.15) is 17.8 Å². The average Bonchev–Trinajstić information content (AvgIpc) is 3.48. The molecule has 1 aliphatic carbocycles. The fraction of sp³-hybridized carbons (Fsp3) is 0.478. The number of benzene rings is 1. The monoisotopic (exact) mass is 440 g/mol. The zero-order valence-corrected chi connectivity index (χ0v) is 17.8. The molecule has 2 aromatic rings. The standard InChI is InChI=1S/C23H28N4O5/c28-20-7-3-4-10-27(20)13-19(23(31)32)26-21(29)17(11-14-8-9-14)25-22(30)18-12-15-5-1-2-6-16(15)24-18/h1-2,5-6,12,14,17,19,24H,3-4,7-11,13H2,(H,25,30)(H,26,29)(H,31,32)/t17-,19-/m0/s1. The van der Waals surface area contributed by atoms with Crippen LogP contribution in [0, 0.1) is 5.92 Å². The van der Waals surface area contributed by atoms with E-state index >= 15 is 0 Å². The van der Waals surface area contributed by atoms with Gasteiger partial charge in [-0.05, 0) is 37.3 Å². The largest absolute Gasteiger partial charge is 0.480 e. The lowest BCUT2D eigenvalue weighted by Gasteiger charge is -2.30.